The number of hydrogen-bond donors (Lipinski definition) is 3. The van der Waals surface area contributed by atoms with E-state index in [1.165, 1.54) is 6.07 Å². The number of rotatable bonds is 8. The van der Waals surface area contributed by atoms with Gasteiger partial charge in [-0.25, -0.2) is 4.39 Å². The molecule has 0 spiro atoms. The largest absolute Gasteiger partial charge is 0.461 e. The van der Waals surface area contributed by atoms with Crippen molar-refractivity contribution in [3.63, 3.8) is 0 Å². The highest BCUT2D eigenvalue weighted by Gasteiger charge is 2.22. The van der Waals surface area contributed by atoms with Gasteiger partial charge in [0.25, 0.3) is 0 Å². The van der Waals surface area contributed by atoms with E-state index in [0.717, 1.165) is 31.7 Å². The molecule has 1 amide bonds. The van der Waals surface area contributed by atoms with Gasteiger partial charge >= 0.3 is 5.97 Å². The first kappa shape index (κ1) is 21.7. The molecule has 0 aromatic heterocycles. The Morgan fingerprint density at radius 2 is 1.90 bits per heavy atom. The predicted molar refractivity (Wildman–Crippen MR) is 114 cm³/mol. The van der Waals surface area contributed by atoms with E-state index in [9.17, 15) is 14.0 Å². The van der Waals surface area contributed by atoms with Crippen molar-refractivity contribution >= 4 is 23.3 Å². The first-order valence-corrected chi connectivity index (χ1v) is 9.99. The molecule has 0 radical (unpaired) electrons. The molecule has 8 heteroatoms. The Labute approximate surface area is 175 Å². The van der Waals surface area contributed by atoms with Crippen LogP contribution in [0.15, 0.2) is 48.5 Å². The summed E-state index contributed by atoms with van der Waals surface area (Å²) in [5, 5.41) is 8.70. The lowest BCUT2D eigenvalue weighted by atomic mass is 10.1. The highest BCUT2D eigenvalue weighted by atomic mass is 19.1. The van der Waals surface area contributed by atoms with Crippen molar-refractivity contribution in [2.24, 2.45) is 0 Å². The quantitative estimate of drug-likeness (QED) is 0.573. The summed E-state index contributed by atoms with van der Waals surface area (Å²) in [6.07, 6.45) is -0.128. The Morgan fingerprint density at radius 3 is 2.57 bits per heavy atom. The summed E-state index contributed by atoms with van der Waals surface area (Å²) >= 11 is 0. The van der Waals surface area contributed by atoms with Gasteiger partial charge in [0.05, 0.1) is 18.2 Å². The molecule has 7 nitrogen and oxygen atoms in total. The molecule has 1 heterocycles. The third-order valence-electron chi connectivity index (χ3n) is 4.95. The van der Waals surface area contributed by atoms with Crippen molar-refractivity contribution in [2.45, 2.75) is 19.1 Å². The van der Waals surface area contributed by atoms with Crippen LogP contribution in [0.25, 0.3) is 0 Å². The minimum atomic E-state index is -0.788. The Bertz CT molecular complexity index is 857. The summed E-state index contributed by atoms with van der Waals surface area (Å²) in [5.74, 6) is -1.31. The summed E-state index contributed by atoms with van der Waals surface area (Å²) in [6.45, 7) is 3.23. The molecule has 1 fully saturated rings. The van der Waals surface area contributed by atoms with Crippen LogP contribution in [-0.2, 0) is 20.9 Å². The second-order valence-electron chi connectivity index (χ2n) is 7.08. The van der Waals surface area contributed by atoms with Crippen LogP contribution >= 0.6 is 0 Å². The molecular weight excluding hydrogens is 387 g/mol. The highest BCUT2D eigenvalue weighted by molar-refractivity contribution is 5.97. The smallest absolute Gasteiger partial charge is 0.308 e. The number of carbonyl (C=O) groups is 2. The molecular formula is C22H27FN4O3. The highest BCUT2D eigenvalue weighted by Crippen LogP contribution is 2.23. The van der Waals surface area contributed by atoms with Gasteiger partial charge in [-0.15, -0.1) is 0 Å². The third-order valence-corrected chi connectivity index (χ3v) is 4.95. The summed E-state index contributed by atoms with van der Waals surface area (Å²) in [6, 6.07) is 13.2. The van der Waals surface area contributed by atoms with Crippen LogP contribution in [0.3, 0.4) is 0 Å². The van der Waals surface area contributed by atoms with Crippen molar-refractivity contribution in [1.82, 2.24) is 10.6 Å². The molecule has 2 aromatic carbocycles. The number of benzene rings is 2. The number of anilines is 2. The van der Waals surface area contributed by atoms with E-state index in [1.807, 2.05) is 35.2 Å². The normalized spacial score (nSPS) is 14.8. The monoisotopic (exact) mass is 414 g/mol. The van der Waals surface area contributed by atoms with Gasteiger partial charge in [0.15, 0.2) is 0 Å². The van der Waals surface area contributed by atoms with Gasteiger partial charge in [-0.1, -0.05) is 30.3 Å². The average Bonchev–Trinajstić information content (AvgIpc) is 2.77. The maximum absolute atomic E-state index is 14.5. The number of likely N-dealkylation sites (N-methyl/N-ethyl adjacent to an activating group) is 1. The lowest BCUT2D eigenvalue weighted by Crippen LogP contribution is -2.43. The van der Waals surface area contributed by atoms with Gasteiger partial charge in [0, 0.05) is 31.9 Å². The van der Waals surface area contributed by atoms with Crippen molar-refractivity contribution in [3.05, 3.63) is 59.9 Å². The van der Waals surface area contributed by atoms with E-state index in [2.05, 4.69) is 16.0 Å². The van der Waals surface area contributed by atoms with Crippen molar-refractivity contribution in [2.75, 3.05) is 43.4 Å². The number of nitrogens with zero attached hydrogens (tertiary/aromatic N) is 1. The molecule has 2 aromatic rings. The molecule has 0 bridgehead atoms. The molecule has 1 saturated heterocycles. The molecule has 1 aliphatic rings. The Morgan fingerprint density at radius 1 is 1.17 bits per heavy atom. The fraction of sp³-hybridized carbons (Fsp3) is 0.364. The summed E-state index contributed by atoms with van der Waals surface area (Å²) in [5.41, 5.74) is 1.73. The van der Waals surface area contributed by atoms with E-state index in [0.29, 0.717) is 11.4 Å². The van der Waals surface area contributed by atoms with E-state index in [-0.39, 0.29) is 13.0 Å². The Balaban J connectivity index is 1.53. The summed E-state index contributed by atoms with van der Waals surface area (Å²) < 4.78 is 19.8. The molecule has 0 unspecified atom stereocenters. The van der Waals surface area contributed by atoms with Gasteiger partial charge in [-0.2, -0.15) is 0 Å². The topological polar surface area (TPSA) is 82.7 Å². The van der Waals surface area contributed by atoms with Gasteiger partial charge in [-0.3, -0.25) is 9.59 Å². The van der Waals surface area contributed by atoms with Crippen LogP contribution < -0.4 is 20.9 Å². The number of ether oxygens (including phenoxy) is 1. The molecule has 3 rings (SSSR count). The first-order valence-electron chi connectivity index (χ1n) is 9.99. The Hall–Kier alpha value is -2.97. The number of nitrogens with one attached hydrogen (secondary N) is 3. The molecule has 160 valence electrons. The summed E-state index contributed by atoms with van der Waals surface area (Å²) in [7, 11) is 1.59. The van der Waals surface area contributed by atoms with Crippen LogP contribution in [0.4, 0.5) is 15.8 Å². The minimum absolute atomic E-state index is 0.128. The van der Waals surface area contributed by atoms with Crippen LogP contribution in [0.5, 0.6) is 0 Å². The van der Waals surface area contributed by atoms with Crippen molar-refractivity contribution in [3.8, 4) is 0 Å². The zero-order valence-corrected chi connectivity index (χ0v) is 17.0. The third kappa shape index (κ3) is 6.01. The summed E-state index contributed by atoms with van der Waals surface area (Å²) in [4.78, 5) is 26.6. The molecule has 30 heavy (non-hydrogen) atoms. The maximum atomic E-state index is 14.5. The maximum Gasteiger partial charge on any atom is 0.308 e. The van der Waals surface area contributed by atoms with Crippen LogP contribution in [0, 0.1) is 5.82 Å². The number of halogens is 1. The van der Waals surface area contributed by atoms with Gasteiger partial charge in [0.2, 0.25) is 5.91 Å². The van der Waals surface area contributed by atoms with E-state index in [4.69, 9.17) is 4.74 Å². The van der Waals surface area contributed by atoms with Crippen LogP contribution in [0.1, 0.15) is 12.0 Å². The second-order valence-corrected chi connectivity index (χ2v) is 7.08. The molecule has 1 atom stereocenters. The standard InChI is InChI=1S/C22H27FN4O3/c1-24-19(14-21(28)30-15-16-5-3-2-4-6-16)22(29)26-17-7-8-20(18(23)13-17)27-11-9-25-10-12-27/h2-8,13,19,24-25H,9-12,14-15H2,1H3,(H,26,29)/t19-/m0/s1. The predicted octanol–water partition coefficient (Wildman–Crippen LogP) is 1.90. The molecule has 3 N–H and O–H groups in total. The van der Waals surface area contributed by atoms with Crippen molar-refractivity contribution in [1.29, 1.82) is 0 Å². The van der Waals surface area contributed by atoms with Crippen LogP contribution in [0.2, 0.25) is 0 Å². The molecule has 0 saturated carbocycles. The fourth-order valence-corrected chi connectivity index (χ4v) is 3.27. The van der Waals surface area contributed by atoms with Gasteiger partial charge < -0.3 is 25.6 Å². The lowest BCUT2D eigenvalue weighted by molar-refractivity contribution is -0.146. The number of carbonyl (C=O) groups excluding carboxylic acids is 2. The van der Waals surface area contributed by atoms with E-state index < -0.39 is 23.7 Å². The average molecular weight is 414 g/mol. The lowest BCUT2D eigenvalue weighted by Gasteiger charge is -2.29. The minimum Gasteiger partial charge on any atom is -0.461 e. The SMILES string of the molecule is CN[C@@H](CC(=O)OCc1ccccc1)C(=O)Nc1ccc(N2CCNCC2)c(F)c1. The second kappa shape index (κ2) is 10.7. The van der Waals surface area contributed by atoms with Crippen molar-refractivity contribution < 1.29 is 18.7 Å². The Kier molecular flexibility index (Phi) is 7.75. The number of hydrogen-bond acceptors (Lipinski definition) is 6. The van der Waals surface area contributed by atoms with Gasteiger partial charge in [0.1, 0.15) is 12.4 Å². The number of amides is 1. The van der Waals surface area contributed by atoms with E-state index >= 15 is 0 Å². The fourth-order valence-electron chi connectivity index (χ4n) is 3.27. The number of esters is 1. The van der Waals surface area contributed by atoms with Crippen LogP contribution in [-0.4, -0.2) is 51.1 Å². The van der Waals surface area contributed by atoms with E-state index in [1.54, 1.807) is 19.2 Å². The molecule has 1 aliphatic heterocycles. The molecule has 0 aliphatic carbocycles. The number of piperazine rings is 1. The zero-order chi connectivity index (χ0) is 21.3. The van der Waals surface area contributed by atoms with Gasteiger partial charge in [-0.05, 0) is 30.8 Å². The zero-order valence-electron chi connectivity index (χ0n) is 17.0. The first-order chi connectivity index (χ1) is 14.6.